The van der Waals surface area contributed by atoms with E-state index in [1.54, 1.807) is 12.1 Å². The third kappa shape index (κ3) is 5.01. The molecule has 1 atom stereocenters. The number of aromatic hydroxyl groups is 1. The first-order valence-corrected chi connectivity index (χ1v) is 7.78. The van der Waals surface area contributed by atoms with E-state index in [4.69, 9.17) is 5.73 Å². The number of phenolic OH excluding ortho intramolecular Hbond substituents is 1. The van der Waals surface area contributed by atoms with Crippen LogP contribution in [0.15, 0.2) is 54.6 Å². The van der Waals surface area contributed by atoms with Crippen LogP contribution in [-0.2, 0) is 4.79 Å². The van der Waals surface area contributed by atoms with E-state index in [0.29, 0.717) is 13.1 Å². The van der Waals surface area contributed by atoms with Gasteiger partial charge in [0.15, 0.2) is 0 Å². The Morgan fingerprint density at radius 1 is 0.920 bits per heavy atom. The molecule has 0 radical (unpaired) electrons. The van der Waals surface area contributed by atoms with Crippen molar-refractivity contribution in [2.45, 2.75) is 6.04 Å². The molecule has 0 saturated carbocycles. The number of anilines is 1. The summed E-state index contributed by atoms with van der Waals surface area (Å²) < 4.78 is 0. The molecule has 3 N–H and O–H groups in total. The van der Waals surface area contributed by atoms with Gasteiger partial charge in [0.05, 0.1) is 0 Å². The zero-order valence-corrected chi connectivity index (χ0v) is 15.4. The molecule has 3 rings (SSSR count). The van der Waals surface area contributed by atoms with Crippen LogP contribution >= 0.6 is 24.8 Å². The van der Waals surface area contributed by atoms with Gasteiger partial charge in [-0.15, -0.1) is 24.8 Å². The lowest BCUT2D eigenvalue weighted by Gasteiger charge is -2.37. The second-order valence-corrected chi connectivity index (χ2v) is 5.72. The van der Waals surface area contributed by atoms with Gasteiger partial charge >= 0.3 is 0 Å². The number of hydrogen-bond donors (Lipinski definition) is 2. The largest absolute Gasteiger partial charge is 0.508 e. The van der Waals surface area contributed by atoms with E-state index in [1.165, 1.54) is 0 Å². The summed E-state index contributed by atoms with van der Waals surface area (Å²) in [5, 5.41) is 9.35. The molecule has 136 valence electrons. The fourth-order valence-electron chi connectivity index (χ4n) is 2.85. The van der Waals surface area contributed by atoms with Crippen LogP contribution in [0, 0.1) is 0 Å². The van der Waals surface area contributed by atoms with Crippen molar-refractivity contribution >= 4 is 36.4 Å². The SMILES string of the molecule is Cl.Cl.NC(C(=O)N1CCN(c2ccc(O)cc2)CC1)c1ccccc1. The molecule has 7 heteroatoms. The highest BCUT2D eigenvalue weighted by Gasteiger charge is 2.26. The summed E-state index contributed by atoms with van der Waals surface area (Å²) in [4.78, 5) is 16.6. The summed E-state index contributed by atoms with van der Waals surface area (Å²) in [6.07, 6.45) is 0. The van der Waals surface area contributed by atoms with Crippen molar-refractivity contribution in [1.29, 1.82) is 0 Å². The number of piperazine rings is 1. The van der Waals surface area contributed by atoms with Crippen LogP contribution in [0.2, 0.25) is 0 Å². The van der Waals surface area contributed by atoms with Gasteiger partial charge in [0, 0.05) is 31.9 Å². The Kier molecular flexibility index (Phi) is 8.03. The molecule has 0 aromatic heterocycles. The summed E-state index contributed by atoms with van der Waals surface area (Å²) in [5.74, 6) is 0.234. The van der Waals surface area contributed by atoms with Crippen molar-refractivity contribution in [2.75, 3.05) is 31.1 Å². The van der Waals surface area contributed by atoms with Crippen LogP contribution in [0.5, 0.6) is 5.75 Å². The summed E-state index contributed by atoms with van der Waals surface area (Å²) in [6, 6.07) is 16.0. The minimum Gasteiger partial charge on any atom is -0.508 e. The summed E-state index contributed by atoms with van der Waals surface area (Å²) in [6.45, 7) is 2.83. The standard InChI is InChI=1S/C18H21N3O2.2ClH/c19-17(14-4-2-1-3-5-14)18(23)21-12-10-20(11-13-21)15-6-8-16(22)9-7-15;;/h1-9,17,22H,10-13,19H2;2*1H. The number of nitrogens with two attached hydrogens (primary N) is 1. The van der Waals surface area contributed by atoms with E-state index >= 15 is 0 Å². The summed E-state index contributed by atoms with van der Waals surface area (Å²) in [7, 11) is 0. The molecule has 2 aromatic rings. The maximum absolute atomic E-state index is 12.5. The van der Waals surface area contributed by atoms with Crippen LogP contribution in [0.4, 0.5) is 5.69 Å². The molecule has 0 bridgehead atoms. The van der Waals surface area contributed by atoms with Crippen LogP contribution in [0.3, 0.4) is 0 Å². The van der Waals surface area contributed by atoms with Crippen LogP contribution in [-0.4, -0.2) is 42.1 Å². The lowest BCUT2D eigenvalue weighted by atomic mass is 10.1. The Labute approximate surface area is 160 Å². The lowest BCUT2D eigenvalue weighted by molar-refractivity contribution is -0.133. The number of hydrogen-bond acceptors (Lipinski definition) is 4. The number of nitrogens with zero attached hydrogens (tertiary/aromatic N) is 2. The number of halogens is 2. The first kappa shape index (κ1) is 21.1. The highest BCUT2D eigenvalue weighted by molar-refractivity contribution is 5.85. The zero-order valence-electron chi connectivity index (χ0n) is 13.7. The molecular weight excluding hydrogens is 361 g/mol. The number of phenols is 1. The molecule has 1 amide bonds. The number of amides is 1. The zero-order chi connectivity index (χ0) is 16.2. The third-order valence-electron chi connectivity index (χ3n) is 4.23. The van der Waals surface area contributed by atoms with Crippen molar-refractivity contribution < 1.29 is 9.90 Å². The average molecular weight is 384 g/mol. The topological polar surface area (TPSA) is 69.8 Å². The minimum atomic E-state index is -0.601. The van der Waals surface area contributed by atoms with E-state index in [-0.39, 0.29) is 36.5 Å². The summed E-state index contributed by atoms with van der Waals surface area (Å²) in [5.41, 5.74) is 8.00. The first-order chi connectivity index (χ1) is 11.1. The average Bonchev–Trinajstić information content (AvgIpc) is 2.62. The predicted molar refractivity (Wildman–Crippen MR) is 105 cm³/mol. The van der Waals surface area contributed by atoms with Gasteiger partial charge in [-0.25, -0.2) is 0 Å². The molecule has 0 aliphatic carbocycles. The Hall–Kier alpha value is -1.95. The second-order valence-electron chi connectivity index (χ2n) is 5.72. The van der Waals surface area contributed by atoms with Gasteiger partial charge in [-0.3, -0.25) is 4.79 Å². The molecule has 1 heterocycles. The molecular formula is C18H23Cl2N3O2. The van der Waals surface area contributed by atoms with Gasteiger partial charge in [0.25, 0.3) is 0 Å². The Morgan fingerprint density at radius 3 is 2.04 bits per heavy atom. The molecule has 1 unspecified atom stereocenters. The molecule has 1 saturated heterocycles. The Bertz CT molecular complexity index is 660. The lowest BCUT2D eigenvalue weighted by Crippen LogP contribution is -2.51. The molecule has 0 spiro atoms. The van der Waals surface area contributed by atoms with E-state index in [1.807, 2.05) is 47.4 Å². The second kappa shape index (κ2) is 9.51. The van der Waals surface area contributed by atoms with Gasteiger partial charge < -0.3 is 20.6 Å². The summed E-state index contributed by atoms with van der Waals surface area (Å²) >= 11 is 0. The number of rotatable bonds is 3. The van der Waals surface area contributed by atoms with Gasteiger partial charge in [-0.1, -0.05) is 30.3 Å². The van der Waals surface area contributed by atoms with Crippen LogP contribution < -0.4 is 10.6 Å². The molecule has 2 aromatic carbocycles. The number of carbonyl (C=O) groups is 1. The normalized spacial score (nSPS) is 14.9. The van der Waals surface area contributed by atoms with Crippen molar-refractivity contribution in [3.8, 4) is 5.75 Å². The van der Waals surface area contributed by atoms with Gasteiger partial charge in [0.1, 0.15) is 11.8 Å². The minimum absolute atomic E-state index is 0. The van der Waals surface area contributed by atoms with Crippen molar-refractivity contribution in [3.63, 3.8) is 0 Å². The van der Waals surface area contributed by atoms with E-state index in [0.717, 1.165) is 24.3 Å². The monoisotopic (exact) mass is 383 g/mol. The molecule has 5 nitrogen and oxygen atoms in total. The Balaban J connectivity index is 0.00000156. The number of carbonyl (C=O) groups excluding carboxylic acids is 1. The van der Waals surface area contributed by atoms with E-state index < -0.39 is 6.04 Å². The fraction of sp³-hybridized carbons (Fsp3) is 0.278. The van der Waals surface area contributed by atoms with Crippen LogP contribution in [0.25, 0.3) is 0 Å². The van der Waals surface area contributed by atoms with E-state index in [9.17, 15) is 9.90 Å². The Morgan fingerprint density at radius 2 is 1.48 bits per heavy atom. The van der Waals surface area contributed by atoms with Gasteiger partial charge in [0.2, 0.25) is 5.91 Å². The van der Waals surface area contributed by atoms with Crippen molar-refractivity contribution in [3.05, 3.63) is 60.2 Å². The van der Waals surface area contributed by atoms with Gasteiger partial charge in [-0.05, 0) is 29.8 Å². The maximum atomic E-state index is 12.5. The number of benzene rings is 2. The molecule has 25 heavy (non-hydrogen) atoms. The van der Waals surface area contributed by atoms with Crippen LogP contribution in [0.1, 0.15) is 11.6 Å². The smallest absolute Gasteiger partial charge is 0.244 e. The fourth-order valence-corrected chi connectivity index (χ4v) is 2.85. The van der Waals surface area contributed by atoms with Gasteiger partial charge in [-0.2, -0.15) is 0 Å². The van der Waals surface area contributed by atoms with Crippen molar-refractivity contribution in [1.82, 2.24) is 4.90 Å². The maximum Gasteiger partial charge on any atom is 0.244 e. The third-order valence-corrected chi connectivity index (χ3v) is 4.23. The highest BCUT2D eigenvalue weighted by Crippen LogP contribution is 2.21. The highest BCUT2D eigenvalue weighted by atomic mass is 35.5. The van der Waals surface area contributed by atoms with Crippen molar-refractivity contribution in [2.24, 2.45) is 5.73 Å². The van der Waals surface area contributed by atoms with E-state index in [2.05, 4.69) is 4.90 Å². The molecule has 1 fully saturated rings. The molecule has 1 aliphatic rings. The first-order valence-electron chi connectivity index (χ1n) is 7.78. The molecule has 1 aliphatic heterocycles. The quantitative estimate of drug-likeness (QED) is 0.854. The predicted octanol–water partition coefficient (Wildman–Crippen LogP) is 2.58.